The molecule has 1 amide bonds. The second-order valence-electron chi connectivity index (χ2n) is 5.25. The number of hydrogen-bond donors (Lipinski definition) is 2. The van der Waals surface area contributed by atoms with Gasteiger partial charge in [0.05, 0.1) is 5.54 Å². The van der Waals surface area contributed by atoms with Crippen molar-refractivity contribution in [3.8, 4) is 0 Å². The van der Waals surface area contributed by atoms with Crippen molar-refractivity contribution in [3.05, 3.63) is 82.9 Å². The van der Waals surface area contributed by atoms with E-state index < -0.39 is 5.54 Å². The molecule has 0 saturated carbocycles. The van der Waals surface area contributed by atoms with E-state index in [0.717, 1.165) is 10.0 Å². The fraction of sp³-hybridized carbons (Fsp3) is 0.167. The lowest BCUT2D eigenvalue weighted by Gasteiger charge is -2.31. The first-order valence-corrected chi connectivity index (χ1v) is 7.84. The Bertz CT molecular complexity index is 657. The van der Waals surface area contributed by atoms with Crippen molar-refractivity contribution in [2.45, 2.75) is 18.9 Å². The summed E-state index contributed by atoms with van der Waals surface area (Å²) in [5.74, 6) is -0.164. The fourth-order valence-electron chi connectivity index (χ4n) is 2.28. The monoisotopic (exact) mass is 358 g/mol. The van der Waals surface area contributed by atoms with E-state index in [0.29, 0.717) is 12.0 Å². The summed E-state index contributed by atoms with van der Waals surface area (Å²) in [5, 5.41) is 0. The maximum Gasteiger partial charge on any atom is 0.265 e. The molecule has 0 aliphatic heterocycles. The molecule has 0 bridgehead atoms. The highest BCUT2D eigenvalue weighted by Gasteiger charge is 2.27. The molecular formula is C18H19BrN2O. The van der Waals surface area contributed by atoms with Crippen LogP contribution in [0.3, 0.4) is 0 Å². The van der Waals surface area contributed by atoms with Gasteiger partial charge in [-0.05, 0) is 37.1 Å². The van der Waals surface area contributed by atoms with E-state index >= 15 is 0 Å². The molecule has 0 aliphatic rings. The first kappa shape index (κ1) is 16.5. The van der Waals surface area contributed by atoms with Gasteiger partial charge in [0.15, 0.2) is 0 Å². The van der Waals surface area contributed by atoms with E-state index in [1.54, 1.807) is 12.1 Å². The second-order valence-corrected chi connectivity index (χ2v) is 6.10. The van der Waals surface area contributed by atoms with E-state index in [-0.39, 0.29) is 5.91 Å². The van der Waals surface area contributed by atoms with Crippen molar-refractivity contribution >= 4 is 21.8 Å². The third kappa shape index (κ3) is 3.84. The summed E-state index contributed by atoms with van der Waals surface area (Å²) < 4.78 is 0.987. The SMILES string of the molecule is C=CCC(C)(NNC(=O)c1ccccc1)c1ccccc1Br. The van der Waals surface area contributed by atoms with Crippen LogP contribution in [-0.2, 0) is 5.54 Å². The standard InChI is InChI=1S/C18H19BrN2O/c1-3-13-18(2,15-11-7-8-12-16(15)19)21-20-17(22)14-9-5-4-6-10-14/h3-12,21H,1,13H2,2H3,(H,20,22). The van der Waals surface area contributed by atoms with Gasteiger partial charge in [-0.2, -0.15) is 0 Å². The molecule has 0 aliphatic carbocycles. The van der Waals surface area contributed by atoms with Gasteiger partial charge in [0, 0.05) is 10.0 Å². The van der Waals surface area contributed by atoms with E-state index in [4.69, 9.17) is 0 Å². The van der Waals surface area contributed by atoms with Gasteiger partial charge in [0.2, 0.25) is 0 Å². The molecule has 2 rings (SSSR count). The molecule has 22 heavy (non-hydrogen) atoms. The largest absolute Gasteiger partial charge is 0.287 e. The van der Waals surface area contributed by atoms with Crippen LogP contribution in [0.25, 0.3) is 0 Å². The Kier molecular flexibility index (Phi) is 5.52. The topological polar surface area (TPSA) is 41.1 Å². The minimum absolute atomic E-state index is 0.164. The van der Waals surface area contributed by atoms with Crippen LogP contribution in [0, 0.1) is 0 Å². The van der Waals surface area contributed by atoms with Crippen LogP contribution in [0.1, 0.15) is 29.3 Å². The summed E-state index contributed by atoms with van der Waals surface area (Å²) in [6.07, 6.45) is 2.51. The van der Waals surface area contributed by atoms with Crippen LogP contribution in [0.4, 0.5) is 0 Å². The van der Waals surface area contributed by atoms with Gasteiger partial charge < -0.3 is 0 Å². The van der Waals surface area contributed by atoms with Gasteiger partial charge in [-0.25, -0.2) is 5.43 Å². The fourth-order valence-corrected chi connectivity index (χ4v) is 3.00. The maximum absolute atomic E-state index is 12.2. The zero-order chi connectivity index (χ0) is 16.0. The van der Waals surface area contributed by atoms with E-state index in [1.807, 2.05) is 55.5 Å². The Morgan fingerprint density at radius 2 is 1.82 bits per heavy atom. The van der Waals surface area contributed by atoms with Crippen LogP contribution < -0.4 is 10.9 Å². The number of hydrogen-bond acceptors (Lipinski definition) is 2. The smallest absolute Gasteiger partial charge is 0.265 e. The lowest BCUT2D eigenvalue weighted by Crippen LogP contribution is -2.50. The number of halogens is 1. The lowest BCUT2D eigenvalue weighted by molar-refractivity contribution is 0.0906. The van der Waals surface area contributed by atoms with Crippen LogP contribution in [0.2, 0.25) is 0 Å². The molecule has 0 saturated heterocycles. The highest BCUT2D eigenvalue weighted by atomic mass is 79.9. The second kappa shape index (κ2) is 7.38. The average molecular weight is 359 g/mol. The van der Waals surface area contributed by atoms with Gasteiger partial charge in [0.1, 0.15) is 0 Å². The van der Waals surface area contributed by atoms with Gasteiger partial charge in [-0.1, -0.05) is 58.4 Å². The Labute approximate surface area is 139 Å². The highest BCUT2D eigenvalue weighted by molar-refractivity contribution is 9.10. The third-order valence-electron chi connectivity index (χ3n) is 3.51. The molecule has 1 atom stereocenters. The quantitative estimate of drug-likeness (QED) is 0.600. The minimum Gasteiger partial charge on any atom is -0.287 e. The molecular weight excluding hydrogens is 340 g/mol. The van der Waals surface area contributed by atoms with Gasteiger partial charge in [-0.3, -0.25) is 10.2 Å². The molecule has 2 aromatic rings. The minimum atomic E-state index is -0.452. The Hall–Kier alpha value is -1.91. The van der Waals surface area contributed by atoms with Gasteiger partial charge >= 0.3 is 0 Å². The van der Waals surface area contributed by atoms with Crippen molar-refractivity contribution in [1.29, 1.82) is 0 Å². The van der Waals surface area contributed by atoms with Crippen molar-refractivity contribution < 1.29 is 4.79 Å². The van der Waals surface area contributed by atoms with Crippen molar-refractivity contribution in [2.24, 2.45) is 0 Å². The summed E-state index contributed by atoms with van der Waals surface area (Å²) in [4.78, 5) is 12.2. The molecule has 0 aromatic heterocycles. The van der Waals surface area contributed by atoms with Crippen LogP contribution >= 0.6 is 15.9 Å². The number of amides is 1. The molecule has 0 heterocycles. The molecule has 0 spiro atoms. The van der Waals surface area contributed by atoms with Gasteiger partial charge in [-0.15, -0.1) is 6.58 Å². The normalized spacial score (nSPS) is 13.2. The molecule has 4 heteroatoms. The highest BCUT2D eigenvalue weighted by Crippen LogP contribution is 2.30. The Morgan fingerprint density at radius 1 is 1.18 bits per heavy atom. The van der Waals surface area contributed by atoms with E-state index in [2.05, 4.69) is 33.4 Å². The summed E-state index contributed by atoms with van der Waals surface area (Å²) in [5.41, 5.74) is 7.16. The third-order valence-corrected chi connectivity index (χ3v) is 4.20. The number of carbonyl (C=O) groups excluding carboxylic acids is 1. The Balaban J connectivity index is 2.17. The summed E-state index contributed by atoms with van der Waals surface area (Å²) in [6.45, 7) is 5.85. The van der Waals surface area contributed by atoms with Gasteiger partial charge in [0.25, 0.3) is 5.91 Å². The van der Waals surface area contributed by atoms with E-state index in [9.17, 15) is 4.79 Å². The number of hydrazine groups is 1. The predicted octanol–water partition coefficient (Wildman–Crippen LogP) is 4.18. The molecule has 2 aromatic carbocycles. The number of rotatable bonds is 6. The van der Waals surface area contributed by atoms with Crippen molar-refractivity contribution in [2.75, 3.05) is 0 Å². The van der Waals surface area contributed by atoms with Crippen molar-refractivity contribution in [3.63, 3.8) is 0 Å². The molecule has 114 valence electrons. The molecule has 0 fully saturated rings. The number of benzene rings is 2. The number of carbonyl (C=O) groups is 1. The molecule has 3 nitrogen and oxygen atoms in total. The Morgan fingerprint density at radius 3 is 2.45 bits per heavy atom. The summed E-state index contributed by atoms with van der Waals surface area (Å²) in [6, 6.07) is 17.1. The van der Waals surface area contributed by atoms with E-state index in [1.165, 1.54) is 0 Å². The zero-order valence-corrected chi connectivity index (χ0v) is 14.1. The first-order chi connectivity index (χ1) is 10.6. The molecule has 1 unspecified atom stereocenters. The number of nitrogens with one attached hydrogen (secondary N) is 2. The van der Waals surface area contributed by atoms with Crippen LogP contribution in [0.15, 0.2) is 71.7 Å². The van der Waals surface area contributed by atoms with Crippen LogP contribution in [0.5, 0.6) is 0 Å². The summed E-state index contributed by atoms with van der Waals surface area (Å²) >= 11 is 3.57. The maximum atomic E-state index is 12.2. The average Bonchev–Trinajstić information content (AvgIpc) is 2.54. The first-order valence-electron chi connectivity index (χ1n) is 7.05. The lowest BCUT2D eigenvalue weighted by atomic mass is 9.89. The molecule has 0 radical (unpaired) electrons. The molecule has 2 N–H and O–H groups in total. The summed E-state index contributed by atoms with van der Waals surface area (Å²) in [7, 11) is 0. The zero-order valence-electron chi connectivity index (χ0n) is 12.5. The van der Waals surface area contributed by atoms with Crippen molar-refractivity contribution in [1.82, 2.24) is 10.9 Å². The van der Waals surface area contributed by atoms with Crippen LogP contribution in [-0.4, -0.2) is 5.91 Å². The predicted molar refractivity (Wildman–Crippen MR) is 93.4 cm³/mol.